The van der Waals surface area contributed by atoms with Crippen molar-refractivity contribution in [3.05, 3.63) is 58.4 Å². The molecule has 0 unspecified atom stereocenters. The number of nitrogens with zero attached hydrogens (tertiary/aromatic N) is 1. The van der Waals surface area contributed by atoms with Gasteiger partial charge in [0.15, 0.2) is 0 Å². The number of nitrogens with two attached hydrogens (primary N) is 1. The van der Waals surface area contributed by atoms with E-state index in [1.54, 1.807) is 43.5 Å². The molecule has 0 saturated heterocycles. The van der Waals surface area contributed by atoms with E-state index in [1.807, 2.05) is 0 Å². The first kappa shape index (κ1) is 14.4. The minimum Gasteiger partial charge on any atom is -0.389 e. The summed E-state index contributed by atoms with van der Waals surface area (Å²) >= 11 is 11.0. The van der Waals surface area contributed by atoms with Crippen LogP contribution in [0.3, 0.4) is 0 Å². The molecule has 0 fully saturated rings. The third-order valence-electron chi connectivity index (χ3n) is 2.75. The Bertz CT molecular complexity index is 688. The first-order chi connectivity index (χ1) is 9.49. The molecule has 4 nitrogen and oxygen atoms in total. The highest BCUT2D eigenvalue weighted by atomic mass is 35.5. The molecular weight excluding hydrogens is 294 g/mol. The Kier molecular flexibility index (Phi) is 4.32. The average Bonchev–Trinajstić information content (AvgIpc) is 2.41. The van der Waals surface area contributed by atoms with E-state index >= 15 is 0 Å². The van der Waals surface area contributed by atoms with E-state index in [0.717, 1.165) is 0 Å². The highest BCUT2D eigenvalue weighted by molar-refractivity contribution is 7.80. The summed E-state index contributed by atoms with van der Waals surface area (Å²) in [6, 6.07) is 8.41. The predicted molar refractivity (Wildman–Crippen MR) is 84.3 cm³/mol. The van der Waals surface area contributed by atoms with Gasteiger partial charge in [-0.15, -0.1) is 0 Å². The molecule has 0 spiro atoms. The number of nitrogens with one attached hydrogen (secondary N) is 1. The number of carbonyl (C=O) groups excluding carboxylic acids is 1. The molecule has 2 aromatic rings. The van der Waals surface area contributed by atoms with E-state index < -0.39 is 0 Å². The van der Waals surface area contributed by atoms with Crippen LogP contribution in [0.2, 0.25) is 5.02 Å². The maximum Gasteiger partial charge on any atom is 0.257 e. The fourth-order valence-corrected chi connectivity index (χ4v) is 2.04. The van der Waals surface area contributed by atoms with Crippen LogP contribution in [0.25, 0.3) is 0 Å². The van der Waals surface area contributed by atoms with E-state index in [2.05, 4.69) is 10.3 Å². The smallest absolute Gasteiger partial charge is 0.257 e. The van der Waals surface area contributed by atoms with Crippen LogP contribution in [-0.2, 0) is 0 Å². The summed E-state index contributed by atoms with van der Waals surface area (Å²) in [7, 11) is 0. The average molecular weight is 306 g/mol. The van der Waals surface area contributed by atoms with Crippen LogP contribution >= 0.6 is 23.8 Å². The number of halogens is 1. The van der Waals surface area contributed by atoms with Gasteiger partial charge in [-0.05, 0) is 37.3 Å². The summed E-state index contributed by atoms with van der Waals surface area (Å²) < 4.78 is 0. The second-order valence-electron chi connectivity index (χ2n) is 4.15. The van der Waals surface area contributed by atoms with Gasteiger partial charge in [0.05, 0.1) is 16.3 Å². The van der Waals surface area contributed by atoms with Gasteiger partial charge < -0.3 is 11.1 Å². The van der Waals surface area contributed by atoms with E-state index in [4.69, 9.17) is 29.6 Å². The molecule has 1 aromatic heterocycles. The van der Waals surface area contributed by atoms with Crippen LogP contribution in [0, 0.1) is 6.92 Å². The Morgan fingerprint density at radius 3 is 2.75 bits per heavy atom. The van der Waals surface area contributed by atoms with Crippen LogP contribution in [-0.4, -0.2) is 15.9 Å². The van der Waals surface area contributed by atoms with E-state index in [1.165, 1.54) is 0 Å². The number of aromatic nitrogens is 1. The number of rotatable bonds is 3. The molecule has 1 heterocycles. The minimum absolute atomic E-state index is 0.257. The summed E-state index contributed by atoms with van der Waals surface area (Å²) in [5, 5.41) is 3.12. The Labute approximate surface area is 127 Å². The van der Waals surface area contributed by atoms with Crippen molar-refractivity contribution in [3.63, 3.8) is 0 Å². The van der Waals surface area contributed by atoms with Gasteiger partial charge in [-0.3, -0.25) is 9.78 Å². The van der Waals surface area contributed by atoms with E-state index in [0.29, 0.717) is 27.5 Å². The third-order valence-corrected chi connectivity index (χ3v) is 3.30. The second kappa shape index (κ2) is 5.98. The molecule has 3 N–H and O–H groups in total. The van der Waals surface area contributed by atoms with Crippen molar-refractivity contribution >= 4 is 40.4 Å². The van der Waals surface area contributed by atoms with Crippen molar-refractivity contribution in [1.29, 1.82) is 0 Å². The van der Waals surface area contributed by atoms with Crippen LogP contribution in [0.5, 0.6) is 0 Å². The predicted octanol–water partition coefficient (Wildman–Crippen LogP) is 2.93. The van der Waals surface area contributed by atoms with Crippen LogP contribution in [0.4, 0.5) is 5.69 Å². The molecule has 0 atom stereocenters. The maximum absolute atomic E-state index is 12.1. The van der Waals surface area contributed by atoms with Crippen molar-refractivity contribution in [2.45, 2.75) is 6.92 Å². The lowest BCUT2D eigenvalue weighted by Crippen LogP contribution is -2.15. The molecule has 0 aliphatic rings. The van der Waals surface area contributed by atoms with Crippen LogP contribution < -0.4 is 11.1 Å². The van der Waals surface area contributed by atoms with Gasteiger partial charge >= 0.3 is 0 Å². The lowest BCUT2D eigenvalue weighted by atomic mass is 10.1. The Morgan fingerprint density at radius 2 is 2.15 bits per heavy atom. The summed E-state index contributed by atoms with van der Waals surface area (Å²) in [4.78, 5) is 16.5. The van der Waals surface area contributed by atoms with Gasteiger partial charge in [-0.25, -0.2) is 0 Å². The zero-order valence-electron chi connectivity index (χ0n) is 10.7. The van der Waals surface area contributed by atoms with Crippen molar-refractivity contribution in [1.82, 2.24) is 4.98 Å². The van der Waals surface area contributed by atoms with Crippen molar-refractivity contribution in [2.75, 3.05) is 5.32 Å². The number of carbonyl (C=O) groups is 1. The van der Waals surface area contributed by atoms with Crippen LogP contribution in [0.15, 0.2) is 36.5 Å². The molecule has 20 heavy (non-hydrogen) atoms. The minimum atomic E-state index is -0.263. The Hall–Kier alpha value is -1.98. The number of amides is 1. The number of thiocarbonyl (C=S) groups is 1. The van der Waals surface area contributed by atoms with E-state index in [-0.39, 0.29) is 10.9 Å². The lowest BCUT2D eigenvalue weighted by Gasteiger charge is -2.09. The molecule has 1 aromatic carbocycles. The highest BCUT2D eigenvalue weighted by Gasteiger charge is 2.11. The molecule has 0 aliphatic heterocycles. The van der Waals surface area contributed by atoms with Gasteiger partial charge in [0.2, 0.25) is 0 Å². The number of benzene rings is 1. The second-order valence-corrected chi connectivity index (χ2v) is 5.00. The summed E-state index contributed by atoms with van der Waals surface area (Å²) in [5.74, 6) is -0.263. The molecule has 0 radical (unpaired) electrons. The van der Waals surface area contributed by atoms with Crippen molar-refractivity contribution < 1.29 is 4.79 Å². The standard InChI is InChI=1S/C14H12ClN3OS/c1-8-10(3-2-6-17-8)14(19)18-12-5-4-9(13(16)20)7-11(12)15/h2-7H,1H3,(H2,16,20)(H,18,19). The maximum atomic E-state index is 12.1. The van der Waals surface area contributed by atoms with Gasteiger partial charge in [0.25, 0.3) is 5.91 Å². The molecule has 0 saturated carbocycles. The summed E-state index contributed by atoms with van der Waals surface area (Å²) in [5.41, 5.74) is 7.83. The monoisotopic (exact) mass is 305 g/mol. The fourth-order valence-electron chi connectivity index (χ4n) is 1.68. The van der Waals surface area contributed by atoms with E-state index in [9.17, 15) is 4.79 Å². The molecule has 6 heteroatoms. The normalized spacial score (nSPS) is 10.1. The quantitative estimate of drug-likeness (QED) is 0.856. The van der Waals surface area contributed by atoms with Crippen molar-refractivity contribution in [3.8, 4) is 0 Å². The number of hydrogen-bond acceptors (Lipinski definition) is 3. The number of aryl methyl sites for hydroxylation is 1. The third kappa shape index (κ3) is 3.12. The Morgan fingerprint density at radius 1 is 1.40 bits per heavy atom. The first-order valence-electron chi connectivity index (χ1n) is 5.81. The highest BCUT2D eigenvalue weighted by Crippen LogP contribution is 2.23. The zero-order chi connectivity index (χ0) is 14.7. The SMILES string of the molecule is Cc1ncccc1C(=O)Nc1ccc(C(N)=S)cc1Cl. The number of hydrogen-bond donors (Lipinski definition) is 2. The Balaban J connectivity index is 2.25. The first-order valence-corrected chi connectivity index (χ1v) is 6.60. The zero-order valence-corrected chi connectivity index (χ0v) is 12.3. The molecule has 102 valence electrons. The largest absolute Gasteiger partial charge is 0.389 e. The van der Waals surface area contributed by atoms with Gasteiger partial charge in [0, 0.05) is 17.5 Å². The molecule has 0 aliphatic carbocycles. The summed E-state index contributed by atoms with van der Waals surface area (Å²) in [6.07, 6.45) is 1.63. The van der Waals surface area contributed by atoms with Gasteiger partial charge in [-0.1, -0.05) is 23.8 Å². The molecule has 1 amide bonds. The van der Waals surface area contributed by atoms with Crippen LogP contribution in [0.1, 0.15) is 21.6 Å². The fraction of sp³-hybridized carbons (Fsp3) is 0.0714. The van der Waals surface area contributed by atoms with Gasteiger partial charge in [0.1, 0.15) is 4.99 Å². The van der Waals surface area contributed by atoms with Crippen molar-refractivity contribution in [2.24, 2.45) is 5.73 Å². The number of pyridine rings is 1. The van der Waals surface area contributed by atoms with Gasteiger partial charge in [-0.2, -0.15) is 0 Å². The lowest BCUT2D eigenvalue weighted by molar-refractivity contribution is 0.102. The molecule has 0 bridgehead atoms. The topological polar surface area (TPSA) is 68.0 Å². The summed E-state index contributed by atoms with van der Waals surface area (Å²) in [6.45, 7) is 1.77. The molecular formula is C14H12ClN3OS. The molecule has 2 rings (SSSR count). The number of anilines is 1.